The molecule has 3 aromatic heterocycles. The van der Waals surface area contributed by atoms with Crippen LogP contribution in [0.25, 0.3) is 11.0 Å². The zero-order valence-electron chi connectivity index (χ0n) is 16.2. The minimum atomic E-state index is -0.130. The fourth-order valence-electron chi connectivity index (χ4n) is 3.49. The second-order valence-electron chi connectivity index (χ2n) is 6.95. The Morgan fingerprint density at radius 3 is 2.79 bits per heavy atom. The normalized spacial score (nSPS) is 13.4. The summed E-state index contributed by atoms with van der Waals surface area (Å²) in [5, 5.41) is 7.40. The molecule has 0 aliphatic carbocycles. The topological polar surface area (TPSA) is 62.7 Å². The third kappa shape index (κ3) is 4.74. The van der Waals surface area contributed by atoms with Gasteiger partial charge in [0.25, 0.3) is 0 Å². The van der Waals surface area contributed by atoms with Crippen LogP contribution in [0.1, 0.15) is 36.3 Å². The van der Waals surface area contributed by atoms with Crippen molar-refractivity contribution in [2.45, 2.75) is 24.9 Å². The molecule has 1 amide bonds. The number of hydrogen-bond acceptors (Lipinski definition) is 4. The second-order valence-corrected chi connectivity index (χ2v) is 8.71. The van der Waals surface area contributed by atoms with Crippen LogP contribution in [0.4, 0.5) is 0 Å². The molecule has 5 nitrogen and oxygen atoms in total. The summed E-state index contributed by atoms with van der Waals surface area (Å²) < 4.78 is 2.10. The Hall–Kier alpha value is -2.51. The molecule has 2 atom stereocenters. The maximum atomic E-state index is 13.0. The van der Waals surface area contributed by atoms with Gasteiger partial charge in [0.15, 0.2) is 0 Å². The first-order chi connectivity index (χ1) is 14.2. The van der Waals surface area contributed by atoms with E-state index in [1.807, 2.05) is 48.8 Å². The molecule has 0 aliphatic rings. The van der Waals surface area contributed by atoms with Crippen LogP contribution in [0.5, 0.6) is 0 Å². The predicted molar refractivity (Wildman–Crippen MR) is 121 cm³/mol. The molecule has 29 heavy (non-hydrogen) atoms. The highest BCUT2D eigenvalue weighted by atomic mass is 32.2. The number of para-hydroxylation sites is 2. The van der Waals surface area contributed by atoms with Gasteiger partial charge in [-0.25, -0.2) is 4.98 Å². The first-order valence-electron chi connectivity index (χ1n) is 9.62. The van der Waals surface area contributed by atoms with Crippen molar-refractivity contribution in [3.05, 3.63) is 77.0 Å². The van der Waals surface area contributed by atoms with Gasteiger partial charge in [-0.15, -0.1) is 0 Å². The monoisotopic (exact) mass is 424 g/mol. The Bertz CT molecular complexity index is 973. The number of benzene rings is 1. The van der Waals surface area contributed by atoms with Gasteiger partial charge in [0.2, 0.25) is 5.91 Å². The van der Waals surface area contributed by atoms with E-state index in [2.05, 4.69) is 38.0 Å². The summed E-state index contributed by atoms with van der Waals surface area (Å²) in [5.74, 6) is 1.80. The fraction of sp³-hybridized carbons (Fsp3) is 0.273. The molecule has 0 radical (unpaired) electrons. The number of aromatic nitrogens is 3. The lowest BCUT2D eigenvalue weighted by molar-refractivity contribution is -0.122. The van der Waals surface area contributed by atoms with Crippen molar-refractivity contribution in [3.63, 3.8) is 0 Å². The maximum absolute atomic E-state index is 13.0. The van der Waals surface area contributed by atoms with Gasteiger partial charge in [0, 0.05) is 12.4 Å². The molecule has 4 aromatic rings. The molecule has 0 spiro atoms. The molecular weight excluding hydrogens is 400 g/mol. The Balaban J connectivity index is 1.52. The van der Waals surface area contributed by atoms with Crippen LogP contribution in [-0.4, -0.2) is 32.5 Å². The number of nitrogens with zero attached hydrogens (tertiary/aromatic N) is 2. The Morgan fingerprint density at radius 2 is 2.07 bits per heavy atom. The molecule has 0 aliphatic heterocycles. The first kappa shape index (κ1) is 19.8. The largest absolute Gasteiger partial charge is 0.346 e. The Labute approximate surface area is 178 Å². The van der Waals surface area contributed by atoms with E-state index in [1.165, 1.54) is 0 Å². The predicted octanol–water partition coefficient (Wildman–Crippen LogP) is 5.02. The van der Waals surface area contributed by atoms with Gasteiger partial charge in [-0.1, -0.05) is 12.1 Å². The number of amides is 1. The van der Waals surface area contributed by atoms with Crippen molar-refractivity contribution >= 4 is 40.0 Å². The third-order valence-electron chi connectivity index (χ3n) is 4.98. The number of fused-ring (bicyclic) bond motifs is 1. The van der Waals surface area contributed by atoms with E-state index < -0.39 is 0 Å². The van der Waals surface area contributed by atoms with E-state index in [0.717, 1.165) is 34.6 Å². The number of thioether (sulfide) groups is 1. The van der Waals surface area contributed by atoms with Gasteiger partial charge < -0.3 is 14.9 Å². The highest BCUT2D eigenvalue weighted by Crippen LogP contribution is 2.26. The SMILES string of the molecule is CSCCC(NC(=O)CC(c1ccsc1)n1cccc1)c1nc2ccccc2[nH]1. The van der Waals surface area contributed by atoms with Crippen molar-refractivity contribution in [1.82, 2.24) is 19.9 Å². The van der Waals surface area contributed by atoms with Crippen LogP contribution in [0.15, 0.2) is 65.6 Å². The number of hydrogen-bond donors (Lipinski definition) is 2. The molecule has 1 aromatic carbocycles. The van der Waals surface area contributed by atoms with Crippen LogP contribution in [0.2, 0.25) is 0 Å². The van der Waals surface area contributed by atoms with E-state index in [0.29, 0.717) is 6.42 Å². The number of thiophene rings is 1. The Morgan fingerprint density at radius 1 is 1.24 bits per heavy atom. The maximum Gasteiger partial charge on any atom is 0.223 e. The van der Waals surface area contributed by atoms with Crippen LogP contribution < -0.4 is 5.32 Å². The molecule has 7 heteroatoms. The van der Waals surface area contributed by atoms with Gasteiger partial charge in [-0.3, -0.25) is 4.79 Å². The zero-order chi connectivity index (χ0) is 20.1. The summed E-state index contributed by atoms with van der Waals surface area (Å²) in [7, 11) is 0. The van der Waals surface area contributed by atoms with Gasteiger partial charge in [0.1, 0.15) is 5.82 Å². The van der Waals surface area contributed by atoms with Gasteiger partial charge in [0.05, 0.1) is 29.5 Å². The van der Waals surface area contributed by atoms with E-state index in [1.54, 1.807) is 23.1 Å². The summed E-state index contributed by atoms with van der Waals surface area (Å²) >= 11 is 3.43. The summed E-state index contributed by atoms with van der Waals surface area (Å²) in [6.45, 7) is 0. The lowest BCUT2D eigenvalue weighted by Gasteiger charge is -2.21. The van der Waals surface area contributed by atoms with Crippen LogP contribution in [0, 0.1) is 0 Å². The number of H-pyrrole nitrogens is 1. The molecule has 150 valence electrons. The van der Waals surface area contributed by atoms with Crippen LogP contribution in [-0.2, 0) is 4.79 Å². The number of rotatable bonds is 9. The summed E-state index contributed by atoms with van der Waals surface area (Å²) in [5.41, 5.74) is 3.08. The summed E-state index contributed by atoms with van der Waals surface area (Å²) in [6.07, 6.45) is 7.33. The lowest BCUT2D eigenvalue weighted by Crippen LogP contribution is -2.31. The standard InChI is InChI=1S/C22H24N4OS2/c1-28-12-9-19(22-24-17-6-2-3-7-18(17)25-22)23-21(27)14-20(16-8-13-29-15-16)26-10-4-5-11-26/h2-8,10-11,13,15,19-20H,9,12,14H2,1H3,(H,23,27)(H,24,25). The number of nitrogens with one attached hydrogen (secondary N) is 2. The number of imidazole rings is 1. The number of carbonyl (C=O) groups is 1. The molecule has 2 N–H and O–H groups in total. The average Bonchev–Trinajstić information content (AvgIpc) is 3.49. The Kier molecular flexibility index (Phi) is 6.36. The molecule has 4 rings (SSSR count). The van der Waals surface area contributed by atoms with Gasteiger partial charge in [-0.05, 0) is 65.1 Å². The molecule has 0 saturated carbocycles. The minimum absolute atomic E-state index is 0.00637. The average molecular weight is 425 g/mol. The van der Waals surface area contributed by atoms with E-state index in [4.69, 9.17) is 4.98 Å². The highest BCUT2D eigenvalue weighted by Gasteiger charge is 2.22. The first-order valence-corrected chi connectivity index (χ1v) is 12.0. The number of aromatic amines is 1. The zero-order valence-corrected chi connectivity index (χ0v) is 17.9. The third-order valence-corrected chi connectivity index (χ3v) is 6.32. The molecule has 0 fully saturated rings. The van der Waals surface area contributed by atoms with Crippen molar-refractivity contribution < 1.29 is 4.79 Å². The summed E-state index contributed by atoms with van der Waals surface area (Å²) in [4.78, 5) is 21.1. The van der Waals surface area contributed by atoms with Crippen LogP contribution >= 0.6 is 23.1 Å². The quantitative estimate of drug-likeness (QED) is 0.397. The van der Waals surface area contributed by atoms with Gasteiger partial charge in [-0.2, -0.15) is 23.1 Å². The second kappa shape index (κ2) is 9.33. The molecule has 0 saturated heterocycles. The highest BCUT2D eigenvalue weighted by molar-refractivity contribution is 7.98. The van der Waals surface area contributed by atoms with Crippen molar-refractivity contribution in [2.24, 2.45) is 0 Å². The molecule has 2 unspecified atom stereocenters. The molecule has 3 heterocycles. The van der Waals surface area contributed by atoms with E-state index >= 15 is 0 Å². The lowest BCUT2D eigenvalue weighted by atomic mass is 10.1. The van der Waals surface area contributed by atoms with Gasteiger partial charge >= 0.3 is 0 Å². The van der Waals surface area contributed by atoms with Crippen LogP contribution in [0.3, 0.4) is 0 Å². The van der Waals surface area contributed by atoms with Crippen molar-refractivity contribution in [2.75, 3.05) is 12.0 Å². The van der Waals surface area contributed by atoms with E-state index in [-0.39, 0.29) is 18.0 Å². The fourth-order valence-corrected chi connectivity index (χ4v) is 4.67. The smallest absolute Gasteiger partial charge is 0.223 e. The van der Waals surface area contributed by atoms with Crippen molar-refractivity contribution in [3.8, 4) is 0 Å². The van der Waals surface area contributed by atoms with E-state index in [9.17, 15) is 4.79 Å². The molecular formula is C22H24N4OS2. The minimum Gasteiger partial charge on any atom is -0.346 e. The molecule has 0 bridgehead atoms. The van der Waals surface area contributed by atoms with Crippen molar-refractivity contribution in [1.29, 1.82) is 0 Å². The summed E-state index contributed by atoms with van der Waals surface area (Å²) in [6, 6.07) is 13.9. The number of carbonyl (C=O) groups excluding carboxylic acids is 1.